The third-order valence-corrected chi connectivity index (χ3v) is 1.82. The number of H-pyrrole nitrogens is 1. The summed E-state index contributed by atoms with van der Waals surface area (Å²) in [6.07, 6.45) is 3.44. The Balaban J connectivity index is 2.19. The van der Waals surface area contributed by atoms with Crippen molar-refractivity contribution in [2.45, 2.75) is 0 Å². The first kappa shape index (κ1) is 8.13. The highest BCUT2D eigenvalue weighted by Crippen LogP contribution is 2.17. The van der Waals surface area contributed by atoms with Gasteiger partial charge < -0.3 is 10.3 Å². The average molecular weight is 194 g/mol. The largest absolute Gasteiger partial charge is 0.331 e. The van der Waals surface area contributed by atoms with Gasteiger partial charge in [0.2, 0.25) is 5.95 Å². The van der Waals surface area contributed by atoms with Crippen molar-refractivity contribution in [2.24, 2.45) is 0 Å². The molecule has 0 saturated heterocycles. The first-order valence-corrected chi connectivity index (χ1v) is 4.24. The second-order valence-corrected chi connectivity index (χ2v) is 3.01. The van der Waals surface area contributed by atoms with Gasteiger partial charge in [0, 0.05) is 23.1 Å². The van der Waals surface area contributed by atoms with Crippen LogP contribution in [0.2, 0.25) is 5.02 Å². The van der Waals surface area contributed by atoms with Crippen LogP contribution in [-0.2, 0) is 0 Å². The molecule has 66 valence electrons. The Hall–Kier alpha value is -1.48. The highest BCUT2D eigenvalue weighted by molar-refractivity contribution is 6.30. The molecule has 2 N–H and O–H groups in total. The van der Waals surface area contributed by atoms with Gasteiger partial charge >= 0.3 is 0 Å². The van der Waals surface area contributed by atoms with E-state index < -0.39 is 0 Å². The molecule has 3 nitrogen and oxygen atoms in total. The van der Waals surface area contributed by atoms with E-state index in [1.807, 2.05) is 24.3 Å². The summed E-state index contributed by atoms with van der Waals surface area (Å²) in [6.45, 7) is 0. The number of benzene rings is 1. The molecule has 0 atom stereocenters. The maximum atomic E-state index is 5.81. The minimum Gasteiger partial charge on any atom is -0.331 e. The molecule has 0 aliphatic carbocycles. The van der Waals surface area contributed by atoms with E-state index in [0.717, 1.165) is 5.69 Å². The summed E-state index contributed by atoms with van der Waals surface area (Å²) in [5.74, 6) is 0.710. The van der Waals surface area contributed by atoms with Gasteiger partial charge in [-0.25, -0.2) is 4.98 Å². The lowest BCUT2D eigenvalue weighted by Gasteiger charge is -2.01. The quantitative estimate of drug-likeness (QED) is 0.770. The fraction of sp³-hybridized carbons (Fsp3) is 0. The van der Waals surface area contributed by atoms with Gasteiger partial charge in [-0.3, -0.25) is 0 Å². The maximum absolute atomic E-state index is 5.81. The second-order valence-electron chi connectivity index (χ2n) is 2.57. The van der Waals surface area contributed by atoms with Crippen LogP contribution in [0.1, 0.15) is 0 Å². The summed E-state index contributed by atoms with van der Waals surface area (Å²) in [5.41, 5.74) is 0.919. The van der Waals surface area contributed by atoms with Crippen LogP contribution in [0.25, 0.3) is 0 Å². The molecule has 1 aromatic heterocycles. The van der Waals surface area contributed by atoms with Crippen molar-refractivity contribution < 1.29 is 0 Å². The van der Waals surface area contributed by atoms with Crippen LogP contribution in [0.3, 0.4) is 0 Å². The number of nitrogens with one attached hydrogen (secondary N) is 2. The first-order valence-electron chi connectivity index (χ1n) is 3.86. The van der Waals surface area contributed by atoms with Crippen molar-refractivity contribution in [2.75, 3.05) is 5.32 Å². The Labute approximate surface area is 80.8 Å². The van der Waals surface area contributed by atoms with Gasteiger partial charge in [0.1, 0.15) is 0 Å². The predicted molar refractivity (Wildman–Crippen MR) is 53.3 cm³/mol. The van der Waals surface area contributed by atoms with Crippen molar-refractivity contribution in [3.05, 3.63) is 41.7 Å². The molecule has 0 saturated carbocycles. The van der Waals surface area contributed by atoms with E-state index in [1.165, 1.54) is 0 Å². The normalized spacial score (nSPS) is 9.92. The number of rotatable bonds is 2. The molecule has 0 fully saturated rings. The SMILES string of the molecule is Clc1cccc(Nc2ncc[nH]2)c1. The number of anilines is 2. The van der Waals surface area contributed by atoms with Crippen LogP contribution in [0.4, 0.5) is 11.6 Å². The smallest absolute Gasteiger partial charge is 0.204 e. The van der Waals surface area contributed by atoms with Crippen LogP contribution >= 0.6 is 11.6 Å². The van der Waals surface area contributed by atoms with E-state index in [1.54, 1.807) is 12.4 Å². The fourth-order valence-electron chi connectivity index (χ4n) is 1.04. The van der Waals surface area contributed by atoms with Crippen LogP contribution in [0.15, 0.2) is 36.7 Å². The highest BCUT2D eigenvalue weighted by atomic mass is 35.5. The molecule has 2 aromatic rings. The monoisotopic (exact) mass is 193 g/mol. The zero-order valence-corrected chi connectivity index (χ0v) is 7.55. The lowest BCUT2D eigenvalue weighted by molar-refractivity contribution is 1.29. The molecule has 0 aliphatic heterocycles. The second kappa shape index (κ2) is 3.49. The van der Waals surface area contributed by atoms with Crippen molar-refractivity contribution in [1.29, 1.82) is 0 Å². The van der Waals surface area contributed by atoms with E-state index in [9.17, 15) is 0 Å². The van der Waals surface area contributed by atoms with Crippen LogP contribution in [-0.4, -0.2) is 9.97 Å². The molecule has 13 heavy (non-hydrogen) atoms. The molecule has 0 aliphatic rings. The third kappa shape index (κ3) is 2.00. The Morgan fingerprint density at radius 3 is 3.00 bits per heavy atom. The summed E-state index contributed by atoms with van der Waals surface area (Å²) in [7, 11) is 0. The van der Waals surface area contributed by atoms with E-state index in [2.05, 4.69) is 15.3 Å². The van der Waals surface area contributed by atoms with Gasteiger partial charge in [-0.15, -0.1) is 0 Å². The Morgan fingerprint density at radius 1 is 1.38 bits per heavy atom. The molecule has 4 heteroatoms. The van der Waals surface area contributed by atoms with E-state index in [0.29, 0.717) is 11.0 Å². The summed E-state index contributed by atoms with van der Waals surface area (Å²) < 4.78 is 0. The van der Waals surface area contributed by atoms with E-state index in [-0.39, 0.29) is 0 Å². The van der Waals surface area contributed by atoms with Crippen molar-refractivity contribution in [3.8, 4) is 0 Å². The molecule has 0 spiro atoms. The molecule has 0 bridgehead atoms. The van der Waals surface area contributed by atoms with Crippen molar-refractivity contribution >= 4 is 23.2 Å². The minimum absolute atomic E-state index is 0.705. The Kier molecular flexibility index (Phi) is 2.19. The summed E-state index contributed by atoms with van der Waals surface area (Å²) >= 11 is 5.81. The van der Waals surface area contributed by atoms with Crippen molar-refractivity contribution in [1.82, 2.24) is 9.97 Å². The van der Waals surface area contributed by atoms with Gasteiger partial charge in [0.05, 0.1) is 0 Å². The topological polar surface area (TPSA) is 40.7 Å². The van der Waals surface area contributed by atoms with Crippen LogP contribution < -0.4 is 5.32 Å². The van der Waals surface area contributed by atoms with E-state index in [4.69, 9.17) is 11.6 Å². The van der Waals surface area contributed by atoms with Crippen molar-refractivity contribution in [3.63, 3.8) is 0 Å². The molecular formula is C9H8ClN3. The van der Waals surface area contributed by atoms with Crippen LogP contribution in [0.5, 0.6) is 0 Å². The predicted octanol–water partition coefficient (Wildman–Crippen LogP) is 2.81. The maximum Gasteiger partial charge on any atom is 0.204 e. The summed E-state index contributed by atoms with van der Waals surface area (Å²) in [4.78, 5) is 6.97. The van der Waals surface area contributed by atoms with Crippen LogP contribution in [0, 0.1) is 0 Å². The number of imidazole rings is 1. The lowest BCUT2D eigenvalue weighted by Crippen LogP contribution is -1.91. The van der Waals surface area contributed by atoms with Gasteiger partial charge in [-0.1, -0.05) is 17.7 Å². The Morgan fingerprint density at radius 2 is 2.31 bits per heavy atom. The molecule has 2 rings (SSSR count). The number of hydrogen-bond donors (Lipinski definition) is 2. The first-order chi connectivity index (χ1) is 6.34. The standard InChI is InChI=1S/C9H8ClN3/c10-7-2-1-3-8(6-7)13-9-11-4-5-12-9/h1-6H,(H2,11,12,13). The molecule has 0 amide bonds. The van der Waals surface area contributed by atoms with Gasteiger partial charge in [0.25, 0.3) is 0 Å². The number of halogens is 1. The summed E-state index contributed by atoms with van der Waals surface area (Å²) in [5, 5.41) is 3.78. The van der Waals surface area contributed by atoms with Gasteiger partial charge in [-0.05, 0) is 18.2 Å². The molecular weight excluding hydrogens is 186 g/mol. The third-order valence-electron chi connectivity index (χ3n) is 1.59. The Bertz CT molecular complexity index is 384. The molecule has 1 heterocycles. The number of hydrogen-bond acceptors (Lipinski definition) is 2. The van der Waals surface area contributed by atoms with Gasteiger partial charge in [0.15, 0.2) is 0 Å². The number of aromatic amines is 1. The number of nitrogens with zero attached hydrogens (tertiary/aromatic N) is 1. The molecule has 0 unspecified atom stereocenters. The zero-order chi connectivity index (χ0) is 9.10. The average Bonchev–Trinajstić information content (AvgIpc) is 2.57. The molecule has 1 aromatic carbocycles. The number of aromatic nitrogens is 2. The minimum atomic E-state index is 0.705. The fourth-order valence-corrected chi connectivity index (χ4v) is 1.23. The lowest BCUT2D eigenvalue weighted by atomic mass is 10.3. The van der Waals surface area contributed by atoms with Gasteiger partial charge in [-0.2, -0.15) is 0 Å². The summed E-state index contributed by atoms with van der Waals surface area (Å²) in [6, 6.07) is 7.47. The van der Waals surface area contributed by atoms with E-state index >= 15 is 0 Å². The molecule has 0 radical (unpaired) electrons. The zero-order valence-electron chi connectivity index (χ0n) is 6.79. The highest BCUT2D eigenvalue weighted by Gasteiger charge is 1.95.